The molecule has 0 amide bonds. The number of hydrogen-bond acceptors (Lipinski definition) is 3. The summed E-state index contributed by atoms with van der Waals surface area (Å²) in [6.07, 6.45) is 3.14. The number of aromatic nitrogens is 1. The number of carbonyl (C=O) groups excluding carboxylic acids is 1. The van der Waals surface area contributed by atoms with Gasteiger partial charge in [0.2, 0.25) is 0 Å². The summed E-state index contributed by atoms with van der Waals surface area (Å²) in [7, 11) is -1.34. The molecular formula is C11H11NO3S. The van der Waals surface area contributed by atoms with Crippen LogP contribution in [0, 0.1) is 6.92 Å². The van der Waals surface area contributed by atoms with E-state index in [2.05, 4.69) is 4.98 Å². The normalized spacial score (nSPS) is 12.6. The second-order valence-electron chi connectivity index (χ2n) is 3.34. The highest BCUT2D eigenvalue weighted by Crippen LogP contribution is 2.14. The molecule has 5 heteroatoms. The van der Waals surface area contributed by atoms with Crippen molar-refractivity contribution < 1.29 is 13.4 Å². The van der Waals surface area contributed by atoms with E-state index in [9.17, 15) is 9.00 Å². The van der Waals surface area contributed by atoms with Crippen molar-refractivity contribution in [3.05, 3.63) is 42.1 Å². The number of aromatic amines is 1. The van der Waals surface area contributed by atoms with Crippen LogP contribution in [0.4, 0.5) is 0 Å². The van der Waals surface area contributed by atoms with Gasteiger partial charge >= 0.3 is 0 Å². The molecule has 2 heterocycles. The molecule has 16 heavy (non-hydrogen) atoms. The van der Waals surface area contributed by atoms with Gasteiger partial charge in [-0.25, -0.2) is 0 Å². The van der Waals surface area contributed by atoms with Gasteiger partial charge in [-0.05, 0) is 25.1 Å². The van der Waals surface area contributed by atoms with E-state index < -0.39 is 10.8 Å². The Kier molecular flexibility index (Phi) is 3.05. The maximum Gasteiger partial charge on any atom is 0.191 e. The smallest absolute Gasteiger partial charge is 0.191 e. The van der Waals surface area contributed by atoms with Crippen LogP contribution in [0.15, 0.2) is 40.0 Å². The summed E-state index contributed by atoms with van der Waals surface area (Å²) in [6, 6.07) is 5.04. The second-order valence-corrected chi connectivity index (χ2v) is 4.76. The lowest BCUT2D eigenvalue weighted by Crippen LogP contribution is -2.11. The summed E-state index contributed by atoms with van der Waals surface area (Å²) in [5.41, 5.74) is 0.481. The molecule has 0 spiro atoms. The highest BCUT2D eigenvalue weighted by molar-refractivity contribution is 7.85. The van der Waals surface area contributed by atoms with E-state index in [1.807, 2.05) is 0 Å². The first-order valence-corrected chi connectivity index (χ1v) is 6.09. The van der Waals surface area contributed by atoms with Gasteiger partial charge in [-0.1, -0.05) is 0 Å². The molecule has 1 unspecified atom stereocenters. The van der Waals surface area contributed by atoms with Gasteiger partial charge in [0, 0.05) is 6.20 Å². The number of hydrogen-bond donors (Lipinski definition) is 1. The Hall–Kier alpha value is -1.62. The molecular weight excluding hydrogens is 226 g/mol. The molecule has 0 aliphatic rings. The summed E-state index contributed by atoms with van der Waals surface area (Å²) >= 11 is 0. The van der Waals surface area contributed by atoms with Crippen molar-refractivity contribution in [3.63, 3.8) is 0 Å². The van der Waals surface area contributed by atoms with Crippen LogP contribution in [0.1, 0.15) is 16.2 Å². The number of furan rings is 1. The summed E-state index contributed by atoms with van der Waals surface area (Å²) in [4.78, 5) is 15.0. The summed E-state index contributed by atoms with van der Waals surface area (Å²) < 4.78 is 16.9. The number of rotatable bonds is 4. The van der Waals surface area contributed by atoms with E-state index in [1.165, 1.54) is 6.26 Å². The molecule has 1 N–H and O–H groups in total. The second kappa shape index (κ2) is 4.49. The maximum absolute atomic E-state index is 11.8. The summed E-state index contributed by atoms with van der Waals surface area (Å²) in [5.74, 6) is 0.405. The highest BCUT2D eigenvalue weighted by Gasteiger charge is 2.15. The van der Waals surface area contributed by atoms with E-state index in [-0.39, 0.29) is 11.5 Å². The zero-order valence-corrected chi connectivity index (χ0v) is 9.54. The Morgan fingerprint density at radius 2 is 2.31 bits per heavy atom. The Balaban J connectivity index is 2.09. The first-order valence-electron chi connectivity index (χ1n) is 4.77. The Morgan fingerprint density at radius 1 is 1.50 bits per heavy atom. The van der Waals surface area contributed by atoms with Gasteiger partial charge in [0.15, 0.2) is 5.78 Å². The van der Waals surface area contributed by atoms with Crippen LogP contribution in [-0.2, 0) is 10.8 Å². The minimum absolute atomic E-state index is 0.0269. The molecule has 0 saturated carbocycles. The van der Waals surface area contributed by atoms with Crippen LogP contribution in [0.5, 0.6) is 0 Å². The molecule has 0 aromatic carbocycles. The van der Waals surface area contributed by atoms with Crippen LogP contribution in [-0.4, -0.2) is 20.7 Å². The first-order chi connectivity index (χ1) is 7.68. The van der Waals surface area contributed by atoms with Crippen molar-refractivity contribution >= 4 is 16.6 Å². The van der Waals surface area contributed by atoms with Gasteiger partial charge in [-0.15, -0.1) is 0 Å². The number of nitrogens with one attached hydrogen (secondary N) is 1. The molecule has 4 nitrogen and oxygen atoms in total. The monoisotopic (exact) mass is 237 g/mol. The molecule has 1 atom stereocenters. The Morgan fingerprint density at radius 3 is 2.88 bits per heavy atom. The number of ketones is 1. The fourth-order valence-corrected chi connectivity index (χ4v) is 2.51. The number of Topliss-reactive ketones (excluding diaryl/α,β-unsaturated/α-hetero) is 1. The topological polar surface area (TPSA) is 63.1 Å². The van der Waals surface area contributed by atoms with Crippen molar-refractivity contribution in [1.29, 1.82) is 0 Å². The fraction of sp³-hybridized carbons (Fsp3) is 0.182. The van der Waals surface area contributed by atoms with Crippen LogP contribution in [0.2, 0.25) is 0 Å². The predicted octanol–water partition coefficient (Wildman–Crippen LogP) is 1.91. The van der Waals surface area contributed by atoms with Crippen molar-refractivity contribution in [2.75, 3.05) is 5.75 Å². The average molecular weight is 237 g/mol. The maximum atomic E-state index is 11.8. The average Bonchev–Trinajstić information content (AvgIpc) is 2.86. The Bertz CT molecular complexity index is 513. The zero-order valence-electron chi connectivity index (χ0n) is 8.73. The quantitative estimate of drug-likeness (QED) is 0.826. The third-order valence-electron chi connectivity index (χ3n) is 2.22. The molecule has 2 rings (SSSR count). The third kappa shape index (κ3) is 2.14. The minimum atomic E-state index is -1.34. The fourth-order valence-electron chi connectivity index (χ4n) is 1.39. The minimum Gasteiger partial charge on any atom is -0.468 e. The van der Waals surface area contributed by atoms with Crippen LogP contribution >= 0.6 is 0 Å². The lowest BCUT2D eigenvalue weighted by Gasteiger charge is -1.98. The van der Waals surface area contributed by atoms with Gasteiger partial charge in [0.25, 0.3) is 0 Å². The molecule has 0 bridgehead atoms. The predicted molar refractivity (Wildman–Crippen MR) is 59.8 cm³/mol. The van der Waals surface area contributed by atoms with Gasteiger partial charge < -0.3 is 9.40 Å². The first kappa shape index (κ1) is 10.9. The Labute approximate surface area is 95.1 Å². The lowest BCUT2D eigenvalue weighted by molar-refractivity contribution is 0.101. The van der Waals surface area contributed by atoms with Gasteiger partial charge in [0.1, 0.15) is 5.76 Å². The van der Waals surface area contributed by atoms with E-state index in [1.54, 1.807) is 31.3 Å². The largest absolute Gasteiger partial charge is 0.468 e. The van der Waals surface area contributed by atoms with E-state index in [0.717, 1.165) is 0 Å². The van der Waals surface area contributed by atoms with Crippen LogP contribution in [0.3, 0.4) is 0 Å². The van der Waals surface area contributed by atoms with Crippen molar-refractivity contribution in [1.82, 2.24) is 4.98 Å². The molecule has 0 fully saturated rings. The lowest BCUT2D eigenvalue weighted by atomic mass is 10.3. The molecule has 0 aliphatic heterocycles. The molecule has 2 aromatic rings. The van der Waals surface area contributed by atoms with Gasteiger partial charge in [0.05, 0.1) is 33.4 Å². The van der Waals surface area contributed by atoms with Crippen molar-refractivity contribution in [2.45, 2.75) is 11.8 Å². The highest BCUT2D eigenvalue weighted by atomic mass is 32.2. The number of aryl methyl sites for hydroxylation is 1. The zero-order chi connectivity index (χ0) is 11.5. The van der Waals surface area contributed by atoms with Crippen molar-refractivity contribution in [3.8, 4) is 0 Å². The van der Waals surface area contributed by atoms with Crippen LogP contribution < -0.4 is 0 Å². The van der Waals surface area contributed by atoms with E-state index in [4.69, 9.17) is 4.42 Å². The molecule has 0 radical (unpaired) electrons. The standard InChI is InChI=1S/C11H11NO3S/c1-8-11(4-6-15-8)16(14)7-10(13)9-3-2-5-12-9/h2-6,12H,7H2,1H3. The van der Waals surface area contributed by atoms with E-state index >= 15 is 0 Å². The van der Waals surface area contributed by atoms with Gasteiger partial charge in [-0.2, -0.15) is 0 Å². The molecule has 2 aromatic heterocycles. The third-order valence-corrected chi connectivity index (χ3v) is 3.66. The SMILES string of the molecule is Cc1occc1S(=O)CC(=O)c1ccc[nH]1. The van der Waals surface area contributed by atoms with E-state index in [0.29, 0.717) is 16.3 Å². The molecule has 84 valence electrons. The summed E-state index contributed by atoms with van der Waals surface area (Å²) in [5, 5.41) is 0. The number of H-pyrrole nitrogens is 1. The number of carbonyl (C=O) groups is 1. The summed E-state index contributed by atoms with van der Waals surface area (Å²) in [6.45, 7) is 1.73. The van der Waals surface area contributed by atoms with Crippen LogP contribution in [0.25, 0.3) is 0 Å². The van der Waals surface area contributed by atoms with Gasteiger partial charge in [-0.3, -0.25) is 9.00 Å². The molecule has 0 aliphatic carbocycles. The van der Waals surface area contributed by atoms with Crippen molar-refractivity contribution in [2.24, 2.45) is 0 Å². The molecule has 0 saturated heterocycles.